The lowest BCUT2D eigenvalue weighted by molar-refractivity contribution is -0.137. The van der Waals surface area contributed by atoms with E-state index in [0.29, 0.717) is 36.4 Å². The fraction of sp³-hybridized carbons (Fsp3) is 0.344. The number of hydrogen-bond acceptors (Lipinski definition) is 7. The van der Waals surface area contributed by atoms with Gasteiger partial charge >= 0.3 is 6.18 Å². The third-order valence-electron chi connectivity index (χ3n) is 7.65. The Hall–Kier alpha value is -4.00. The molecule has 3 atom stereocenters. The second kappa shape index (κ2) is 12.9. The van der Waals surface area contributed by atoms with Gasteiger partial charge in [-0.1, -0.05) is 37.3 Å². The number of carbonyl (C=O) groups excluding carboxylic acids is 2. The Bertz CT molecular complexity index is 1610. The molecule has 44 heavy (non-hydrogen) atoms. The van der Waals surface area contributed by atoms with Crippen LogP contribution in [0.15, 0.2) is 66.7 Å². The topological polar surface area (TPSA) is 95.0 Å². The molecule has 2 amide bonds. The number of aromatic nitrogens is 1. The van der Waals surface area contributed by atoms with Crippen molar-refractivity contribution >= 4 is 39.1 Å². The number of halogens is 3. The number of anilines is 1. The summed E-state index contributed by atoms with van der Waals surface area (Å²) < 4.78 is 46.5. The van der Waals surface area contributed by atoms with Crippen molar-refractivity contribution in [3.63, 3.8) is 0 Å². The molecule has 0 unspecified atom stereocenters. The molecule has 4 aromatic rings. The van der Waals surface area contributed by atoms with Crippen LogP contribution in [0.1, 0.15) is 45.1 Å². The maximum Gasteiger partial charge on any atom is 0.416 e. The molecule has 12 heteroatoms. The summed E-state index contributed by atoms with van der Waals surface area (Å²) in [5.74, 6) is -0.769. The van der Waals surface area contributed by atoms with Crippen LogP contribution in [-0.4, -0.2) is 70.6 Å². The third kappa shape index (κ3) is 6.87. The van der Waals surface area contributed by atoms with Crippen molar-refractivity contribution in [2.75, 3.05) is 32.1 Å². The van der Waals surface area contributed by atoms with E-state index < -0.39 is 29.8 Å². The van der Waals surface area contributed by atoms with E-state index in [-0.39, 0.29) is 34.8 Å². The van der Waals surface area contributed by atoms with E-state index in [9.17, 15) is 27.9 Å². The molecule has 0 aliphatic carbocycles. The van der Waals surface area contributed by atoms with Crippen LogP contribution in [0.25, 0.3) is 10.2 Å². The number of hydrogen-bond donors (Lipinski definition) is 2. The Balaban J connectivity index is 1.43. The van der Waals surface area contributed by atoms with Crippen molar-refractivity contribution in [2.24, 2.45) is 5.92 Å². The molecule has 2 N–H and O–H groups in total. The summed E-state index contributed by atoms with van der Waals surface area (Å²) in [7, 11) is 1.84. The Labute approximate surface area is 257 Å². The second-order valence-electron chi connectivity index (χ2n) is 11.1. The van der Waals surface area contributed by atoms with Crippen molar-refractivity contribution in [1.29, 1.82) is 0 Å². The molecule has 0 bridgehead atoms. The largest absolute Gasteiger partial charge is 0.486 e. The fourth-order valence-electron chi connectivity index (χ4n) is 5.19. The number of aliphatic hydroxyl groups is 1. The summed E-state index contributed by atoms with van der Waals surface area (Å²) >= 11 is 1.25. The van der Waals surface area contributed by atoms with E-state index in [1.54, 1.807) is 30.0 Å². The summed E-state index contributed by atoms with van der Waals surface area (Å²) in [5, 5.41) is 13.1. The van der Waals surface area contributed by atoms with E-state index in [0.717, 1.165) is 16.8 Å². The minimum Gasteiger partial charge on any atom is -0.486 e. The summed E-state index contributed by atoms with van der Waals surface area (Å²) in [6.45, 7) is 4.51. The molecular formula is C32H33F3N4O4S. The Morgan fingerprint density at radius 2 is 1.89 bits per heavy atom. The minimum absolute atomic E-state index is 0.204. The van der Waals surface area contributed by atoms with Gasteiger partial charge in [-0.3, -0.25) is 14.5 Å². The molecule has 0 fully saturated rings. The normalized spacial score (nSPS) is 18.0. The molecular weight excluding hydrogens is 593 g/mol. The number of likely N-dealkylation sites (N-methyl/N-ethyl adjacent to an activating group) is 1. The van der Waals surface area contributed by atoms with Gasteiger partial charge < -0.3 is 20.1 Å². The summed E-state index contributed by atoms with van der Waals surface area (Å²) in [5.41, 5.74) is 1.25. The van der Waals surface area contributed by atoms with Crippen LogP contribution in [0, 0.1) is 5.92 Å². The molecule has 1 aliphatic heterocycles. The van der Waals surface area contributed by atoms with Crippen LogP contribution in [0.3, 0.4) is 0 Å². The Kier molecular flexibility index (Phi) is 9.23. The standard InChI is InChI=1S/C32H33F3N4O4S/c1-19-15-39(20(2)18-40)31(42)23-7-6-9-25(36-29(41)30-37-24-8-4-5-10-27(24)44-30)28(23)43-26(19)17-38(3)16-21-11-13-22(14-12-21)32(33,34)35/h4-14,19-20,26,40H,15-18H2,1-3H3,(H,36,41)/t19-,20-,26-/m1/s1. The molecule has 5 rings (SSSR count). The van der Waals surface area contributed by atoms with E-state index in [1.807, 2.05) is 43.1 Å². The number of para-hydroxylation sites is 2. The smallest absolute Gasteiger partial charge is 0.416 e. The predicted octanol–water partition coefficient (Wildman–Crippen LogP) is 5.92. The number of nitrogens with one attached hydrogen (secondary N) is 1. The second-order valence-corrected chi connectivity index (χ2v) is 12.2. The maximum absolute atomic E-state index is 13.8. The zero-order valence-corrected chi connectivity index (χ0v) is 25.3. The monoisotopic (exact) mass is 626 g/mol. The lowest BCUT2D eigenvalue weighted by Gasteiger charge is -2.38. The number of nitrogens with zero attached hydrogens (tertiary/aromatic N) is 3. The van der Waals surface area contributed by atoms with Crippen LogP contribution in [0.5, 0.6) is 5.75 Å². The number of rotatable bonds is 8. The van der Waals surface area contributed by atoms with Crippen LogP contribution >= 0.6 is 11.3 Å². The average Bonchev–Trinajstić information content (AvgIpc) is 3.43. The van der Waals surface area contributed by atoms with Crippen LogP contribution in [0.4, 0.5) is 18.9 Å². The van der Waals surface area contributed by atoms with Crippen molar-refractivity contribution in [1.82, 2.24) is 14.8 Å². The van der Waals surface area contributed by atoms with Gasteiger partial charge in [0.15, 0.2) is 10.8 Å². The highest BCUT2D eigenvalue weighted by molar-refractivity contribution is 7.20. The molecule has 8 nitrogen and oxygen atoms in total. The lowest BCUT2D eigenvalue weighted by Crippen LogP contribution is -2.49. The van der Waals surface area contributed by atoms with Gasteiger partial charge in [0.2, 0.25) is 0 Å². The van der Waals surface area contributed by atoms with E-state index in [4.69, 9.17) is 4.74 Å². The number of benzene rings is 3. The molecule has 0 saturated carbocycles. The SMILES string of the molecule is C[C@@H]1CN([C@H](C)CO)C(=O)c2cccc(NC(=O)c3nc4ccccc4s3)c2O[C@@H]1CN(C)Cc1ccc(C(F)(F)F)cc1. The number of amides is 2. The first-order chi connectivity index (χ1) is 20.9. The van der Waals surface area contributed by atoms with Gasteiger partial charge in [0.25, 0.3) is 11.8 Å². The van der Waals surface area contributed by atoms with Crippen LogP contribution < -0.4 is 10.1 Å². The number of alkyl halides is 3. The summed E-state index contributed by atoms with van der Waals surface area (Å²) in [6.07, 6.45) is -4.88. The maximum atomic E-state index is 13.8. The van der Waals surface area contributed by atoms with Crippen LogP contribution in [0.2, 0.25) is 0 Å². The molecule has 0 saturated heterocycles. The van der Waals surface area contributed by atoms with Crippen molar-refractivity contribution in [3.05, 3.63) is 88.4 Å². The van der Waals surface area contributed by atoms with E-state index in [1.165, 1.54) is 23.5 Å². The van der Waals surface area contributed by atoms with Gasteiger partial charge in [-0.15, -0.1) is 11.3 Å². The van der Waals surface area contributed by atoms with Crippen molar-refractivity contribution in [3.8, 4) is 5.75 Å². The third-order valence-corrected chi connectivity index (χ3v) is 8.69. The molecule has 2 heterocycles. The van der Waals surface area contributed by atoms with E-state index >= 15 is 0 Å². The molecule has 0 radical (unpaired) electrons. The highest BCUT2D eigenvalue weighted by Crippen LogP contribution is 2.36. The highest BCUT2D eigenvalue weighted by Gasteiger charge is 2.35. The molecule has 0 spiro atoms. The molecule has 3 aromatic carbocycles. The van der Waals surface area contributed by atoms with Crippen molar-refractivity contribution < 1.29 is 32.6 Å². The zero-order valence-electron chi connectivity index (χ0n) is 24.5. The minimum atomic E-state index is -4.41. The van der Waals surface area contributed by atoms with Gasteiger partial charge in [0, 0.05) is 25.6 Å². The Morgan fingerprint density at radius 1 is 1.16 bits per heavy atom. The van der Waals surface area contributed by atoms with Gasteiger partial charge in [-0.25, -0.2) is 4.98 Å². The van der Waals surface area contributed by atoms with Crippen LogP contribution in [-0.2, 0) is 12.7 Å². The van der Waals surface area contributed by atoms with Gasteiger partial charge in [-0.05, 0) is 55.9 Å². The fourth-order valence-corrected chi connectivity index (χ4v) is 6.05. The van der Waals surface area contributed by atoms with E-state index in [2.05, 4.69) is 10.3 Å². The van der Waals surface area contributed by atoms with Crippen molar-refractivity contribution in [2.45, 2.75) is 38.7 Å². The molecule has 1 aromatic heterocycles. The number of thiazole rings is 1. The van der Waals surface area contributed by atoms with Gasteiger partial charge in [0.05, 0.1) is 39.7 Å². The quantitative estimate of drug-likeness (QED) is 0.252. The summed E-state index contributed by atoms with van der Waals surface area (Å²) in [6, 6.07) is 16.9. The first kappa shape index (κ1) is 31.4. The number of fused-ring (bicyclic) bond motifs is 2. The molecule has 232 valence electrons. The first-order valence-corrected chi connectivity index (χ1v) is 15.0. The van der Waals surface area contributed by atoms with Gasteiger partial charge in [-0.2, -0.15) is 13.2 Å². The Morgan fingerprint density at radius 3 is 2.57 bits per heavy atom. The van der Waals surface area contributed by atoms with Gasteiger partial charge in [0.1, 0.15) is 6.10 Å². The predicted molar refractivity (Wildman–Crippen MR) is 163 cm³/mol. The lowest BCUT2D eigenvalue weighted by atomic mass is 9.98. The zero-order chi connectivity index (χ0) is 31.6. The number of carbonyl (C=O) groups is 2. The first-order valence-electron chi connectivity index (χ1n) is 14.2. The molecule has 1 aliphatic rings. The highest BCUT2D eigenvalue weighted by atomic mass is 32.1. The average molecular weight is 627 g/mol. The summed E-state index contributed by atoms with van der Waals surface area (Å²) in [4.78, 5) is 35.0. The number of aliphatic hydroxyl groups excluding tert-OH is 1. The number of ether oxygens (including phenoxy) is 1.